The van der Waals surface area contributed by atoms with Crippen LogP contribution in [-0.2, 0) is 19.6 Å². The first-order valence-electron chi connectivity index (χ1n) is 6.58. The van der Waals surface area contributed by atoms with Gasteiger partial charge in [-0.3, -0.25) is 4.68 Å². The average Bonchev–Trinajstić information content (AvgIpc) is 2.80. The van der Waals surface area contributed by atoms with Gasteiger partial charge in [0, 0.05) is 6.54 Å². The molecular formula is C15H19FN2O. The van der Waals surface area contributed by atoms with E-state index in [1.807, 2.05) is 11.6 Å². The fraction of sp³-hybridized carbons (Fsp3) is 0.400. The van der Waals surface area contributed by atoms with E-state index >= 15 is 0 Å². The molecule has 0 amide bonds. The van der Waals surface area contributed by atoms with Crippen molar-refractivity contribution in [3.8, 4) is 5.75 Å². The summed E-state index contributed by atoms with van der Waals surface area (Å²) in [5.74, 6) is 0.472. The van der Waals surface area contributed by atoms with Gasteiger partial charge in [0.1, 0.15) is 18.2 Å². The lowest BCUT2D eigenvalue weighted by molar-refractivity contribution is 0.290. The Labute approximate surface area is 113 Å². The van der Waals surface area contributed by atoms with Crippen LogP contribution >= 0.6 is 0 Å². The van der Waals surface area contributed by atoms with Gasteiger partial charge in [-0.2, -0.15) is 5.10 Å². The SMILES string of the molecule is CCc1cc(COc2ccc(F)cc2C)n(CC)n1. The second kappa shape index (κ2) is 5.87. The molecule has 1 aromatic carbocycles. The van der Waals surface area contributed by atoms with Gasteiger partial charge in [0.15, 0.2) is 0 Å². The molecule has 0 radical (unpaired) electrons. The molecule has 2 aromatic rings. The molecular weight excluding hydrogens is 243 g/mol. The average molecular weight is 262 g/mol. The van der Waals surface area contributed by atoms with E-state index in [2.05, 4.69) is 25.0 Å². The molecule has 0 fully saturated rings. The van der Waals surface area contributed by atoms with Crippen molar-refractivity contribution in [2.75, 3.05) is 0 Å². The first-order valence-corrected chi connectivity index (χ1v) is 6.58. The molecule has 0 aliphatic heterocycles. The van der Waals surface area contributed by atoms with E-state index in [-0.39, 0.29) is 5.82 Å². The Morgan fingerprint density at radius 1 is 1.26 bits per heavy atom. The summed E-state index contributed by atoms with van der Waals surface area (Å²) in [5, 5.41) is 4.47. The fourth-order valence-electron chi connectivity index (χ4n) is 2.00. The van der Waals surface area contributed by atoms with Gasteiger partial charge in [-0.15, -0.1) is 0 Å². The van der Waals surface area contributed by atoms with Crippen LogP contribution in [0, 0.1) is 12.7 Å². The van der Waals surface area contributed by atoms with Crippen LogP contribution in [0.25, 0.3) is 0 Å². The maximum Gasteiger partial charge on any atom is 0.130 e. The monoisotopic (exact) mass is 262 g/mol. The van der Waals surface area contributed by atoms with Crippen LogP contribution in [0.15, 0.2) is 24.3 Å². The zero-order chi connectivity index (χ0) is 13.8. The minimum atomic E-state index is -0.239. The second-order valence-corrected chi connectivity index (χ2v) is 4.49. The van der Waals surface area contributed by atoms with Crippen molar-refractivity contribution in [1.29, 1.82) is 0 Å². The molecule has 19 heavy (non-hydrogen) atoms. The predicted molar refractivity (Wildman–Crippen MR) is 72.7 cm³/mol. The standard InChI is InChI=1S/C15H19FN2O/c1-4-13-9-14(18(5-2)17-13)10-19-15-7-6-12(16)8-11(15)3/h6-9H,4-5,10H2,1-3H3. The number of rotatable bonds is 5. The summed E-state index contributed by atoms with van der Waals surface area (Å²) >= 11 is 0. The molecule has 0 aliphatic rings. The van der Waals surface area contributed by atoms with E-state index < -0.39 is 0 Å². The van der Waals surface area contributed by atoms with Gasteiger partial charge in [-0.1, -0.05) is 6.92 Å². The number of benzene rings is 1. The van der Waals surface area contributed by atoms with Crippen LogP contribution in [0.4, 0.5) is 4.39 Å². The number of nitrogens with zero attached hydrogens (tertiary/aromatic N) is 2. The highest BCUT2D eigenvalue weighted by atomic mass is 19.1. The van der Waals surface area contributed by atoms with Gasteiger partial charge in [0.05, 0.1) is 11.4 Å². The molecule has 0 saturated carbocycles. The Morgan fingerprint density at radius 2 is 2.05 bits per heavy atom. The minimum Gasteiger partial charge on any atom is -0.487 e. The Hall–Kier alpha value is -1.84. The van der Waals surface area contributed by atoms with E-state index in [0.717, 1.165) is 29.9 Å². The molecule has 4 heteroatoms. The van der Waals surface area contributed by atoms with Gasteiger partial charge in [-0.25, -0.2) is 4.39 Å². The number of hydrogen-bond acceptors (Lipinski definition) is 2. The van der Waals surface area contributed by atoms with E-state index in [1.54, 1.807) is 6.07 Å². The van der Waals surface area contributed by atoms with Crippen LogP contribution in [0.2, 0.25) is 0 Å². The second-order valence-electron chi connectivity index (χ2n) is 4.49. The largest absolute Gasteiger partial charge is 0.487 e. The fourth-order valence-corrected chi connectivity index (χ4v) is 2.00. The third-order valence-electron chi connectivity index (χ3n) is 3.09. The molecule has 0 saturated heterocycles. The van der Waals surface area contributed by atoms with E-state index in [1.165, 1.54) is 12.1 Å². The van der Waals surface area contributed by atoms with Crippen molar-refractivity contribution in [3.05, 3.63) is 47.0 Å². The highest BCUT2D eigenvalue weighted by Gasteiger charge is 2.07. The van der Waals surface area contributed by atoms with Crippen molar-refractivity contribution >= 4 is 0 Å². The minimum absolute atomic E-state index is 0.239. The van der Waals surface area contributed by atoms with Gasteiger partial charge in [-0.05, 0) is 50.1 Å². The molecule has 1 aromatic heterocycles. The molecule has 0 bridgehead atoms. The lowest BCUT2D eigenvalue weighted by atomic mass is 10.2. The molecule has 0 unspecified atom stereocenters. The van der Waals surface area contributed by atoms with Crippen LogP contribution in [-0.4, -0.2) is 9.78 Å². The molecule has 0 atom stereocenters. The predicted octanol–water partition coefficient (Wildman–Crippen LogP) is 3.49. The Bertz CT molecular complexity index is 563. The highest BCUT2D eigenvalue weighted by molar-refractivity contribution is 5.32. The quantitative estimate of drug-likeness (QED) is 0.824. The highest BCUT2D eigenvalue weighted by Crippen LogP contribution is 2.20. The van der Waals surface area contributed by atoms with Crippen molar-refractivity contribution in [1.82, 2.24) is 9.78 Å². The zero-order valence-corrected chi connectivity index (χ0v) is 11.6. The van der Waals surface area contributed by atoms with E-state index in [4.69, 9.17) is 4.74 Å². The number of halogens is 1. The van der Waals surface area contributed by atoms with Crippen LogP contribution in [0.3, 0.4) is 0 Å². The van der Waals surface area contributed by atoms with E-state index in [0.29, 0.717) is 12.4 Å². The topological polar surface area (TPSA) is 27.1 Å². The maximum atomic E-state index is 13.0. The van der Waals surface area contributed by atoms with Gasteiger partial charge in [0.2, 0.25) is 0 Å². The van der Waals surface area contributed by atoms with Crippen molar-refractivity contribution in [2.24, 2.45) is 0 Å². The Balaban J connectivity index is 2.11. The number of hydrogen-bond donors (Lipinski definition) is 0. The lowest BCUT2D eigenvalue weighted by Gasteiger charge is -2.10. The van der Waals surface area contributed by atoms with E-state index in [9.17, 15) is 4.39 Å². The first kappa shape index (κ1) is 13.6. The molecule has 2 rings (SSSR count). The molecule has 0 spiro atoms. The molecule has 102 valence electrons. The normalized spacial score (nSPS) is 10.7. The van der Waals surface area contributed by atoms with Gasteiger partial charge < -0.3 is 4.74 Å². The van der Waals surface area contributed by atoms with Gasteiger partial charge >= 0.3 is 0 Å². The Kier molecular flexibility index (Phi) is 4.20. The van der Waals surface area contributed by atoms with Crippen molar-refractivity contribution in [3.63, 3.8) is 0 Å². The van der Waals surface area contributed by atoms with Crippen LogP contribution in [0.1, 0.15) is 30.8 Å². The summed E-state index contributed by atoms with van der Waals surface area (Å²) in [6.45, 7) is 7.25. The molecule has 1 heterocycles. The summed E-state index contributed by atoms with van der Waals surface area (Å²) < 4.78 is 20.7. The molecule has 0 N–H and O–H groups in total. The lowest BCUT2D eigenvalue weighted by Crippen LogP contribution is -2.06. The smallest absolute Gasteiger partial charge is 0.130 e. The maximum absolute atomic E-state index is 13.0. The van der Waals surface area contributed by atoms with Crippen molar-refractivity contribution < 1.29 is 9.13 Å². The third-order valence-corrected chi connectivity index (χ3v) is 3.09. The number of ether oxygens (including phenoxy) is 1. The summed E-state index contributed by atoms with van der Waals surface area (Å²) in [6, 6.07) is 6.61. The summed E-state index contributed by atoms with van der Waals surface area (Å²) in [6.07, 6.45) is 0.912. The Morgan fingerprint density at radius 3 is 2.68 bits per heavy atom. The van der Waals surface area contributed by atoms with Crippen LogP contribution in [0.5, 0.6) is 5.75 Å². The van der Waals surface area contributed by atoms with Crippen molar-refractivity contribution in [2.45, 2.75) is 40.3 Å². The zero-order valence-electron chi connectivity index (χ0n) is 11.6. The summed E-state index contributed by atoms with van der Waals surface area (Å²) in [4.78, 5) is 0. The number of aromatic nitrogens is 2. The third kappa shape index (κ3) is 3.13. The van der Waals surface area contributed by atoms with Gasteiger partial charge in [0.25, 0.3) is 0 Å². The summed E-state index contributed by atoms with van der Waals surface area (Å²) in [7, 11) is 0. The summed E-state index contributed by atoms with van der Waals surface area (Å²) in [5.41, 5.74) is 2.91. The van der Waals surface area contributed by atoms with Crippen LogP contribution < -0.4 is 4.74 Å². The molecule has 3 nitrogen and oxygen atoms in total. The first-order chi connectivity index (χ1) is 9.13. The number of aryl methyl sites for hydroxylation is 3. The molecule has 0 aliphatic carbocycles.